The minimum Gasteiger partial charge on any atom is -0.466 e. The number of rotatable bonds is 12. The van der Waals surface area contributed by atoms with Crippen molar-refractivity contribution in [1.82, 2.24) is 0 Å². The molecule has 0 saturated heterocycles. The van der Waals surface area contributed by atoms with Gasteiger partial charge >= 0.3 is 11.9 Å². The van der Waals surface area contributed by atoms with Crippen molar-refractivity contribution in [3.05, 3.63) is 11.6 Å². The van der Waals surface area contributed by atoms with Gasteiger partial charge in [0.2, 0.25) is 0 Å². The second kappa shape index (κ2) is 13.7. The maximum absolute atomic E-state index is 11.7. The minimum absolute atomic E-state index is 0.104. The van der Waals surface area contributed by atoms with Crippen LogP contribution in [0.2, 0.25) is 0 Å². The van der Waals surface area contributed by atoms with E-state index in [1.807, 2.05) is 26.8 Å². The molecule has 0 unspecified atom stereocenters. The third kappa shape index (κ3) is 11.1. The van der Waals surface area contributed by atoms with E-state index in [4.69, 9.17) is 9.47 Å². The van der Waals surface area contributed by atoms with Gasteiger partial charge in [-0.1, -0.05) is 32.3 Å². The predicted molar refractivity (Wildman–Crippen MR) is 84.0 cm³/mol. The first kappa shape index (κ1) is 19.7. The van der Waals surface area contributed by atoms with E-state index in [9.17, 15) is 9.59 Å². The van der Waals surface area contributed by atoms with Gasteiger partial charge in [0.1, 0.15) is 0 Å². The number of unbranched alkanes of at least 4 members (excludes halogenated alkanes) is 4. The SMILES string of the molecule is CC/C=C(\CCCCCCCC(=O)OCC)C(=O)OCC. The van der Waals surface area contributed by atoms with Crippen molar-refractivity contribution < 1.29 is 19.1 Å². The Kier molecular flexibility index (Phi) is 12.8. The van der Waals surface area contributed by atoms with Crippen molar-refractivity contribution in [3.63, 3.8) is 0 Å². The summed E-state index contributed by atoms with van der Waals surface area (Å²) in [4.78, 5) is 22.8. The van der Waals surface area contributed by atoms with E-state index in [0.717, 1.165) is 50.5 Å². The van der Waals surface area contributed by atoms with Crippen molar-refractivity contribution in [2.75, 3.05) is 13.2 Å². The number of carbonyl (C=O) groups excluding carboxylic acids is 2. The van der Waals surface area contributed by atoms with Gasteiger partial charge in [-0.2, -0.15) is 0 Å². The summed E-state index contributed by atoms with van der Waals surface area (Å²) in [6, 6.07) is 0. The van der Waals surface area contributed by atoms with Gasteiger partial charge in [-0.05, 0) is 39.5 Å². The van der Waals surface area contributed by atoms with E-state index in [-0.39, 0.29) is 11.9 Å². The van der Waals surface area contributed by atoms with Crippen LogP contribution >= 0.6 is 0 Å². The van der Waals surface area contributed by atoms with Gasteiger partial charge in [-0.25, -0.2) is 4.79 Å². The van der Waals surface area contributed by atoms with Gasteiger partial charge in [0.05, 0.1) is 13.2 Å². The Labute approximate surface area is 128 Å². The van der Waals surface area contributed by atoms with Crippen LogP contribution in [0.3, 0.4) is 0 Å². The molecule has 0 aromatic rings. The second-order valence-corrected chi connectivity index (χ2v) is 4.93. The Morgan fingerprint density at radius 3 is 1.95 bits per heavy atom. The molecular weight excluding hydrogens is 268 g/mol. The molecule has 0 aliphatic rings. The van der Waals surface area contributed by atoms with Crippen LogP contribution in [0, 0.1) is 0 Å². The molecule has 0 saturated carbocycles. The number of esters is 2. The number of hydrogen-bond acceptors (Lipinski definition) is 4. The van der Waals surface area contributed by atoms with E-state index in [1.54, 1.807) is 0 Å². The Balaban J connectivity index is 3.70. The van der Waals surface area contributed by atoms with E-state index >= 15 is 0 Å². The zero-order chi connectivity index (χ0) is 15.9. The summed E-state index contributed by atoms with van der Waals surface area (Å²) < 4.78 is 9.92. The lowest BCUT2D eigenvalue weighted by Crippen LogP contribution is -2.07. The highest BCUT2D eigenvalue weighted by molar-refractivity contribution is 5.88. The second-order valence-electron chi connectivity index (χ2n) is 4.93. The van der Waals surface area contributed by atoms with Crippen LogP contribution in [-0.4, -0.2) is 25.2 Å². The monoisotopic (exact) mass is 298 g/mol. The molecular formula is C17H30O4. The lowest BCUT2D eigenvalue weighted by atomic mass is 10.0. The average molecular weight is 298 g/mol. The number of allylic oxidation sites excluding steroid dienone is 1. The van der Waals surface area contributed by atoms with Crippen LogP contribution in [0.1, 0.15) is 72.1 Å². The summed E-state index contributed by atoms with van der Waals surface area (Å²) in [5.74, 6) is -0.283. The summed E-state index contributed by atoms with van der Waals surface area (Å²) in [5, 5.41) is 0. The topological polar surface area (TPSA) is 52.6 Å². The third-order valence-electron chi connectivity index (χ3n) is 3.12. The predicted octanol–water partition coefficient (Wildman–Crippen LogP) is 4.18. The molecule has 0 amide bonds. The molecule has 0 heterocycles. The van der Waals surface area contributed by atoms with Crippen LogP contribution in [0.25, 0.3) is 0 Å². The number of ether oxygens (including phenoxy) is 2. The fraction of sp³-hybridized carbons (Fsp3) is 0.765. The molecule has 0 rings (SSSR count). The molecule has 0 aliphatic heterocycles. The molecule has 0 N–H and O–H groups in total. The summed E-state index contributed by atoms with van der Waals surface area (Å²) in [6.07, 6.45) is 9.17. The van der Waals surface area contributed by atoms with Crippen molar-refractivity contribution in [3.8, 4) is 0 Å². The summed E-state index contributed by atoms with van der Waals surface area (Å²) >= 11 is 0. The van der Waals surface area contributed by atoms with Gasteiger partial charge in [-0.15, -0.1) is 0 Å². The van der Waals surface area contributed by atoms with Crippen LogP contribution in [0.5, 0.6) is 0 Å². The number of carbonyl (C=O) groups is 2. The maximum atomic E-state index is 11.7. The highest BCUT2D eigenvalue weighted by atomic mass is 16.5. The molecule has 0 spiro atoms. The van der Waals surface area contributed by atoms with Gasteiger partial charge in [0.15, 0.2) is 0 Å². The van der Waals surface area contributed by atoms with Gasteiger partial charge in [-0.3, -0.25) is 4.79 Å². The molecule has 0 atom stereocenters. The van der Waals surface area contributed by atoms with E-state index in [2.05, 4.69) is 0 Å². The summed E-state index contributed by atoms with van der Waals surface area (Å²) in [7, 11) is 0. The quantitative estimate of drug-likeness (QED) is 0.308. The van der Waals surface area contributed by atoms with Crippen molar-refractivity contribution in [2.24, 2.45) is 0 Å². The summed E-state index contributed by atoms with van der Waals surface area (Å²) in [6.45, 7) is 6.55. The van der Waals surface area contributed by atoms with Crippen LogP contribution in [0.15, 0.2) is 11.6 Å². The molecule has 4 heteroatoms. The molecule has 0 fully saturated rings. The van der Waals surface area contributed by atoms with E-state index < -0.39 is 0 Å². The molecule has 0 aromatic carbocycles. The van der Waals surface area contributed by atoms with E-state index in [1.165, 1.54) is 0 Å². The molecule has 0 aliphatic carbocycles. The zero-order valence-corrected chi connectivity index (χ0v) is 13.8. The molecule has 21 heavy (non-hydrogen) atoms. The molecule has 122 valence electrons. The first-order valence-corrected chi connectivity index (χ1v) is 8.17. The fourth-order valence-corrected chi connectivity index (χ4v) is 2.11. The van der Waals surface area contributed by atoms with Crippen molar-refractivity contribution in [2.45, 2.75) is 72.1 Å². The van der Waals surface area contributed by atoms with Gasteiger partial charge < -0.3 is 9.47 Å². The maximum Gasteiger partial charge on any atom is 0.333 e. The summed E-state index contributed by atoms with van der Waals surface area (Å²) in [5.41, 5.74) is 0.797. The highest BCUT2D eigenvalue weighted by Crippen LogP contribution is 2.14. The number of hydrogen-bond donors (Lipinski definition) is 0. The zero-order valence-electron chi connectivity index (χ0n) is 13.8. The van der Waals surface area contributed by atoms with Crippen molar-refractivity contribution in [1.29, 1.82) is 0 Å². The minimum atomic E-state index is -0.179. The van der Waals surface area contributed by atoms with Gasteiger partial charge in [0, 0.05) is 12.0 Å². The standard InChI is InChI=1S/C17H30O4/c1-4-12-15(17(19)21-6-3)13-10-8-7-9-11-14-16(18)20-5-2/h12H,4-11,13-14H2,1-3H3/b15-12+. The average Bonchev–Trinajstić information content (AvgIpc) is 2.45. The molecule has 0 aromatic heterocycles. The Morgan fingerprint density at radius 2 is 1.38 bits per heavy atom. The lowest BCUT2D eigenvalue weighted by Gasteiger charge is -2.07. The van der Waals surface area contributed by atoms with Crippen LogP contribution in [0.4, 0.5) is 0 Å². The van der Waals surface area contributed by atoms with Gasteiger partial charge in [0.25, 0.3) is 0 Å². The normalized spacial score (nSPS) is 11.3. The lowest BCUT2D eigenvalue weighted by molar-refractivity contribution is -0.143. The van der Waals surface area contributed by atoms with Crippen LogP contribution < -0.4 is 0 Å². The fourth-order valence-electron chi connectivity index (χ4n) is 2.11. The first-order valence-electron chi connectivity index (χ1n) is 8.17. The third-order valence-corrected chi connectivity index (χ3v) is 3.12. The largest absolute Gasteiger partial charge is 0.466 e. The van der Waals surface area contributed by atoms with Crippen molar-refractivity contribution >= 4 is 11.9 Å². The highest BCUT2D eigenvalue weighted by Gasteiger charge is 2.09. The smallest absolute Gasteiger partial charge is 0.333 e. The Hall–Kier alpha value is -1.32. The Bertz CT molecular complexity index is 321. The molecule has 4 nitrogen and oxygen atoms in total. The van der Waals surface area contributed by atoms with Crippen LogP contribution in [-0.2, 0) is 19.1 Å². The molecule has 0 radical (unpaired) electrons. The van der Waals surface area contributed by atoms with E-state index in [0.29, 0.717) is 19.6 Å². The first-order chi connectivity index (χ1) is 10.2. The molecule has 0 bridgehead atoms. The Morgan fingerprint density at radius 1 is 0.810 bits per heavy atom.